The number of methoxy groups -OCH3 is 1. The quantitative estimate of drug-likeness (QED) is 0.796. The zero-order chi connectivity index (χ0) is 14.3. The van der Waals surface area contributed by atoms with Crippen LogP contribution in [0, 0.1) is 5.41 Å². The third-order valence-corrected chi connectivity index (χ3v) is 3.04. The van der Waals surface area contributed by atoms with Crippen molar-refractivity contribution in [1.29, 1.82) is 0 Å². The highest BCUT2D eigenvalue weighted by atomic mass is 16.5. The molecule has 2 atom stereocenters. The van der Waals surface area contributed by atoms with Gasteiger partial charge in [-0.15, -0.1) is 0 Å². The van der Waals surface area contributed by atoms with Gasteiger partial charge in [0.15, 0.2) is 0 Å². The van der Waals surface area contributed by atoms with Crippen LogP contribution in [0.15, 0.2) is 30.3 Å². The largest absolute Gasteiger partial charge is 0.395 e. The molecule has 0 aliphatic heterocycles. The Morgan fingerprint density at radius 3 is 2.32 bits per heavy atom. The lowest BCUT2D eigenvalue weighted by molar-refractivity contribution is 0.117. The summed E-state index contributed by atoms with van der Waals surface area (Å²) in [6.45, 7) is 7.30. The van der Waals surface area contributed by atoms with E-state index in [-0.39, 0.29) is 24.1 Å². The first-order valence-corrected chi connectivity index (χ1v) is 6.87. The molecule has 0 radical (unpaired) electrons. The van der Waals surface area contributed by atoms with Gasteiger partial charge in [-0.05, 0) is 17.4 Å². The van der Waals surface area contributed by atoms with E-state index in [0.29, 0.717) is 6.61 Å². The molecule has 0 saturated carbocycles. The van der Waals surface area contributed by atoms with Gasteiger partial charge in [0.1, 0.15) is 0 Å². The summed E-state index contributed by atoms with van der Waals surface area (Å²) in [6, 6.07) is 10.6. The normalized spacial score (nSPS) is 15.2. The van der Waals surface area contributed by atoms with Crippen molar-refractivity contribution in [1.82, 2.24) is 5.32 Å². The van der Waals surface area contributed by atoms with Crippen molar-refractivity contribution in [3.8, 4) is 0 Å². The fourth-order valence-electron chi connectivity index (χ4n) is 2.21. The predicted molar refractivity (Wildman–Crippen MR) is 79.1 cm³/mol. The van der Waals surface area contributed by atoms with Gasteiger partial charge < -0.3 is 15.2 Å². The predicted octanol–water partition coefficient (Wildman–Crippen LogP) is 2.76. The third-order valence-electron chi connectivity index (χ3n) is 3.04. The molecule has 3 nitrogen and oxygen atoms in total. The molecule has 0 amide bonds. The van der Waals surface area contributed by atoms with Crippen molar-refractivity contribution in [2.45, 2.75) is 39.3 Å². The monoisotopic (exact) mass is 265 g/mol. The van der Waals surface area contributed by atoms with E-state index in [1.54, 1.807) is 7.11 Å². The van der Waals surface area contributed by atoms with Crippen molar-refractivity contribution in [3.63, 3.8) is 0 Å². The van der Waals surface area contributed by atoms with Gasteiger partial charge in [0.2, 0.25) is 0 Å². The Balaban J connectivity index is 2.80. The van der Waals surface area contributed by atoms with Crippen LogP contribution in [0.1, 0.15) is 38.8 Å². The van der Waals surface area contributed by atoms with Crippen molar-refractivity contribution >= 4 is 0 Å². The van der Waals surface area contributed by atoms with Crippen LogP contribution in [-0.4, -0.2) is 31.5 Å². The van der Waals surface area contributed by atoms with E-state index >= 15 is 0 Å². The lowest BCUT2D eigenvalue weighted by Gasteiger charge is -2.30. The topological polar surface area (TPSA) is 41.5 Å². The number of aliphatic hydroxyl groups excluding tert-OH is 1. The molecule has 0 aliphatic carbocycles. The lowest BCUT2D eigenvalue weighted by Crippen LogP contribution is -2.40. The van der Waals surface area contributed by atoms with E-state index in [1.807, 2.05) is 6.07 Å². The van der Waals surface area contributed by atoms with Crippen LogP contribution in [0.4, 0.5) is 0 Å². The first kappa shape index (κ1) is 16.2. The van der Waals surface area contributed by atoms with E-state index in [4.69, 9.17) is 4.74 Å². The molecule has 19 heavy (non-hydrogen) atoms. The molecule has 2 unspecified atom stereocenters. The number of ether oxygens (including phenoxy) is 1. The van der Waals surface area contributed by atoms with Crippen molar-refractivity contribution < 1.29 is 9.84 Å². The SMILES string of the molecule is COCC(CO)NC(CC(C)(C)C)c1ccccc1. The van der Waals surface area contributed by atoms with Crippen LogP contribution in [0.5, 0.6) is 0 Å². The van der Waals surface area contributed by atoms with Crippen molar-refractivity contribution in [2.75, 3.05) is 20.3 Å². The summed E-state index contributed by atoms with van der Waals surface area (Å²) in [5, 5.41) is 12.9. The van der Waals surface area contributed by atoms with E-state index in [2.05, 4.69) is 50.4 Å². The fourth-order valence-corrected chi connectivity index (χ4v) is 2.21. The maximum absolute atomic E-state index is 9.41. The highest BCUT2D eigenvalue weighted by molar-refractivity contribution is 5.19. The lowest BCUT2D eigenvalue weighted by atomic mass is 9.85. The molecule has 0 fully saturated rings. The average Bonchev–Trinajstić information content (AvgIpc) is 2.36. The van der Waals surface area contributed by atoms with Crippen LogP contribution in [0.2, 0.25) is 0 Å². The minimum atomic E-state index is -0.0300. The Morgan fingerprint density at radius 2 is 1.84 bits per heavy atom. The Hall–Kier alpha value is -0.900. The Kier molecular flexibility index (Phi) is 6.49. The summed E-state index contributed by atoms with van der Waals surface area (Å²) in [7, 11) is 1.66. The first-order chi connectivity index (χ1) is 8.96. The summed E-state index contributed by atoms with van der Waals surface area (Å²) in [5.74, 6) is 0. The molecule has 108 valence electrons. The molecule has 0 heterocycles. The second kappa shape index (κ2) is 7.63. The number of benzene rings is 1. The van der Waals surface area contributed by atoms with Crippen molar-refractivity contribution in [2.24, 2.45) is 5.41 Å². The molecule has 1 aromatic carbocycles. The summed E-state index contributed by atoms with van der Waals surface area (Å²) in [5.41, 5.74) is 1.48. The molecule has 0 aromatic heterocycles. The number of hydrogen-bond donors (Lipinski definition) is 2. The standard InChI is InChI=1S/C16H27NO2/c1-16(2,3)10-15(13-8-6-5-7-9-13)17-14(11-18)12-19-4/h5-9,14-15,17-18H,10-12H2,1-4H3. The van der Waals surface area contributed by atoms with Crippen LogP contribution in [0.3, 0.4) is 0 Å². The molecule has 1 rings (SSSR count). The molecule has 0 saturated heterocycles. The molecular weight excluding hydrogens is 238 g/mol. The highest BCUT2D eigenvalue weighted by Crippen LogP contribution is 2.29. The van der Waals surface area contributed by atoms with E-state index in [9.17, 15) is 5.11 Å². The molecule has 3 heteroatoms. The number of nitrogens with one attached hydrogen (secondary N) is 1. The number of rotatable bonds is 7. The van der Waals surface area contributed by atoms with Gasteiger partial charge in [-0.3, -0.25) is 0 Å². The minimum Gasteiger partial charge on any atom is -0.395 e. The zero-order valence-corrected chi connectivity index (χ0v) is 12.5. The van der Waals surface area contributed by atoms with E-state index in [0.717, 1.165) is 6.42 Å². The van der Waals surface area contributed by atoms with E-state index in [1.165, 1.54) is 5.56 Å². The third kappa shape index (κ3) is 6.19. The van der Waals surface area contributed by atoms with Gasteiger partial charge in [0.05, 0.1) is 19.3 Å². The fraction of sp³-hybridized carbons (Fsp3) is 0.625. The van der Waals surface area contributed by atoms with Crippen LogP contribution in [0.25, 0.3) is 0 Å². The molecular formula is C16H27NO2. The van der Waals surface area contributed by atoms with Gasteiger partial charge in [0, 0.05) is 13.2 Å². The summed E-state index contributed by atoms with van der Waals surface area (Å²) >= 11 is 0. The van der Waals surface area contributed by atoms with Gasteiger partial charge in [0.25, 0.3) is 0 Å². The number of hydrogen-bond acceptors (Lipinski definition) is 3. The number of aliphatic hydroxyl groups is 1. The molecule has 2 N–H and O–H groups in total. The summed E-state index contributed by atoms with van der Waals surface area (Å²) in [4.78, 5) is 0. The molecule has 0 aliphatic rings. The van der Waals surface area contributed by atoms with E-state index < -0.39 is 0 Å². The van der Waals surface area contributed by atoms with Gasteiger partial charge >= 0.3 is 0 Å². The molecule has 0 bridgehead atoms. The zero-order valence-electron chi connectivity index (χ0n) is 12.5. The van der Waals surface area contributed by atoms with Crippen molar-refractivity contribution in [3.05, 3.63) is 35.9 Å². The maximum Gasteiger partial charge on any atom is 0.0638 e. The van der Waals surface area contributed by atoms with Crippen LogP contribution < -0.4 is 5.32 Å². The molecule has 1 aromatic rings. The Labute approximate surface area is 117 Å². The summed E-state index contributed by atoms with van der Waals surface area (Å²) in [6.07, 6.45) is 1.01. The van der Waals surface area contributed by atoms with Gasteiger partial charge in [-0.25, -0.2) is 0 Å². The van der Waals surface area contributed by atoms with Gasteiger partial charge in [-0.2, -0.15) is 0 Å². The van der Waals surface area contributed by atoms with Gasteiger partial charge in [-0.1, -0.05) is 51.1 Å². The smallest absolute Gasteiger partial charge is 0.0638 e. The average molecular weight is 265 g/mol. The second-order valence-electron chi connectivity index (χ2n) is 6.23. The Bertz CT molecular complexity index is 346. The second-order valence-corrected chi connectivity index (χ2v) is 6.23. The van der Waals surface area contributed by atoms with Crippen LogP contribution in [-0.2, 0) is 4.74 Å². The minimum absolute atomic E-state index is 0.0300. The maximum atomic E-state index is 9.41. The molecule has 0 spiro atoms. The van der Waals surface area contributed by atoms with Crippen LogP contribution >= 0.6 is 0 Å². The summed E-state index contributed by atoms with van der Waals surface area (Å²) < 4.78 is 5.14. The first-order valence-electron chi connectivity index (χ1n) is 6.87. The highest BCUT2D eigenvalue weighted by Gasteiger charge is 2.22. The Morgan fingerprint density at radius 1 is 1.21 bits per heavy atom.